The summed E-state index contributed by atoms with van der Waals surface area (Å²) in [6.45, 7) is 6.36. The van der Waals surface area contributed by atoms with Crippen LogP contribution < -0.4 is 20.1 Å². The van der Waals surface area contributed by atoms with Gasteiger partial charge >= 0.3 is 0 Å². The molecule has 2 N–H and O–H groups in total. The van der Waals surface area contributed by atoms with Gasteiger partial charge in [-0.15, -0.1) is 0 Å². The molecule has 0 saturated carbocycles. The Morgan fingerprint density at radius 1 is 1.22 bits per heavy atom. The van der Waals surface area contributed by atoms with E-state index in [9.17, 15) is 4.79 Å². The molecule has 10 heteroatoms. The van der Waals surface area contributed by atoms with Crippen molar-refractivity contribution in [2.75, 3.05) is 32.8 Å². The number of carbonyl (C=O) groups excluding carboxylic acids is 1. The minimum atomic E-state index is -0.246. The highest BCUT2D eigenvalue weighted by molar-refractivity contribution is 6.37. The van der Waals surface area contributed by atoms with Crippen LogP contribution in [0.4, 0.5) is 5.95 Å². The molecule has 1 aliphatic rings. The van der Waals surface area contributed by atoms with Crippen molar-refractivity contribution >= 4 is 35.1 Å². The number of anilines is 1. The highest BCUT2D eigenvalue weighted by Crippen LogP contribution is 2.42. The summed E-state index contributed by atoms with van der Waals surface area (Å²) in [7, 11) is 3.09. The molecule has 1 aromatic heterocycles. The van der Waals surface area contributed by atoms with Crippen LogP contribution in [0.5, 0.6) is 11.5 Å². The van der Waals surface area contributed by atoms with E-state index in [4.69, 9.17) is 37.4 Å². The first-order valence-electron chi connectivity index (χ1n) is 10.1. The fourth-order valence-corrected chi connectivity index (χ4v) is 4.11. The van der Waals surface area contributed by atoms with Gasteiger partial charge in [-0.3, -0.25) is 4.79 Å². The van der Waals surface area contributed by atoms with Crippen molar-refractivity contribution in [3.05, 3.63) is 52.3 Å². The Bertz CT molecular complexity index is 943. The molecule has 1 fully saturated rings. The van der Waals surface area contributed by atoms with E-state index >= 15 is 0 Å². The molecule has 1 aromatic carbocycles. The number of halogens is 2. The van der Waals surface area contributed by atoms with Crippen LogP contribution >= 0.6 is 23.2 Å². The van der Waals surface area contributed by atoms with Gasteiger partial charge in [-0.1, -0.05) is 36.7 Å². The Labute approximate surface area is 197 Å². The number of methoxy groups -OCH3 is 2. The first-order valence-corrected chi connectivity index (χ1v) is 10.8. The third kappa shape index (κ3) is 5.43. The molecule has 172 valence electrons. The predicted molar refractivity (Wildman–Crippen MR) is 124 cm³/mol. The van der Waals surface area contributed by atoms with Gasteiger partial charge in [0.1, 0.15) is 11.5 Å². The average molecular weight is 481 g/mol. The number of ether oxygens (including phenoxy) is 3. The number of aromatic nitrogens is 2. The van der Waals surface area contributed by atoms with Gasteiger partial charge < -0.3 is 24.8 Å². The zero-order valence-corrected chi connectivity index (χ0v) is 19.7. The van der Waals surface area contributed by atoms with E-state index in [0.717, 1.165) is 11.1 Å². The number of hydrogen-bond donors (Lipinski definition) is 2. The molecule has 2 heterocycles. The molecule has 32 heavy (non-hydrogen) atoms. The molecule has 0 aliphatic carbocycles. The van der Waals surface area contributed by atoms with Gasteiger partial charge in [0.2, 0.25) is 11.9 Å². The third-order valence-corrected chi connectivity index (χ3v) is 6.15. The van der Waals surface area contributed by atoms with Crippen LogP contribution in [0.3, 0.4) is 0 Å². The van der Waals surface area contributed by atoms with Crippen LogP contribution in [0.1, 0.15) is 24.0 Å². The quantitative estimate of drug-likeness (QED) is 0.529. The van der Waals surface area contributed by atoms with Gasteiger partial charge in [-0.25, -0.2) is 9.97 Å². The second kappa shape index (κ2) is 10.8. The summed E-state index contributed by atoms with van der Waals surface area (Å²) in [5.74, 6) is 1.24. The number of nitrogens with one attached hydrogen (secondary N) is 2. The highest BCUT2D eigenvalue weighted by Gasteiger charge is 2.29. The van der Waals surface area contributed by atoms with E-state index in [0.29, 0.717) is 47.1 Å². The standard InChI is InChI=1S/C22H26Cl2N4O4/c1-5-19(29)27-15-10-32-11-16(15)28-22-25-8-13(9-26-22)12(2)6-14-20(23)17(30-3)7-18(31-4)21(14)24/h5,7-9,12,15-16H,1,6,10-11H2,2-4H3,(H,27,29)(H,25,26,28)/t12?,15-,16+/m0/s1. The summed E-state index contributed by atoms with van der Waals surface area (Å²) in [5.41, 5.74) is 1.66. The molecule has 1 amide bonds. The number of carbonyl (C=O) groups is 1. The Kier molecular flexibility index (Phi) is 8.17. The summed E-state index contributed by atoms with van der Waals surface area (Å²) in [6, 6.07) is 1.35. The van der Waals surface area contributed by atoms with E-state index in [2.05, 4.69) is 27.2 Å². The lowest BCUT2D eigenvalue weighted by molar-refractivity contribution is -0.117. The lowest BCUT2D eigenvalue weighted by atomic mass is 9.95. The van der Waals surface area contributed by atoms with Gasteiger partial charge in [0.05, 0.1) is 49.6 Å². The summed E-state index contributed by atoms with van der Waals surface area (Å²) >= 11 is 13.0. The van der Waals surface area contributed by atoms with E-state index < -0.39 is 0 Å². The minimum absolute atomic E-state index is 0.0327. The lowest BCUT2D eigenvalue weighted by Gasteiger charge is -2.20. The first-order chi connectivity index (χ1) is 15.4. The second-order valence-electron chi connectivity index (χ2n) is 7.44. The van der Waals surface area contributed by atoms with Gasteiger partial charge in [-0.2, -0.15) is 0 Å². The van der Waals surface area contributed by atoms with Crippen molar-refractivity contribution in [3.63, 3.8) is 0 Å². The Morgan fingerprint density at radius 2 is 1.81 bits per heavy atom. The molecule has 1 unspecified atom stereocenters. The van der Waals surface area contributed by atoms with Crippen molar-refractivity contribution < 1.29 is 19.0 Å². The maximum Gasteiger partial charge on any atom is 0.243 e. The number of hydrogen-bond acceptors (Lipinski definition) is 7. The molecule has 8 nitrogen and oxygen atoms in total. The van der Waals surface area contributed by atoms with Crippen molar-refractivity contribution in [2.24, 2.45) is 0 Å². The Balaban J connectivity index is 1.70. The molecule has 0 spiro atoms. The lowest BCUT2D eigenvalue weighted by Crippen LogP contribution is -2.45. The molecule has 1 saturated heterocycles. The van der Waals surface area contributed by atoms with Gasteiger partial charge in [0, 0.05) is 18.5 Å². The van der Waals surface area contributed by atoms with Crippen molar-refractivity contribution in [3.8, 4) is 11.5 Å². The van der Waals surface area contributed by atoms with Crippen LogP contribution in [-0.2, 0) is 16.0 Å². The number of amides is 1. The fourth-order valence-electron chi connectivity index (χ4n) is 3.45. The van der Waals surface area contributed by atoms with Gasteiger partial charge in [-0.05, 0) is 29.5 Å². The topological polar surface area (TPSA) is 94.6 Å². The monoisotopic (exact) mass is 480 g/mol. The summed E-state index contributed by atoms with van der Waals surface area (Å²) in [5, 5.41) is 6.97. The van der Waals surface area contributed by atoms with E-state index in [1.807, 2.05) is 6.92 Å². The van der Waals surface area contributed by atoms with Gasteiger partial charge in [0.15, 0.2) is 0 Å². The van der Waals surface area contributed by atoms with Crippen molar-refractivity contribution in [1.82, 2.24) is 15.3 Å². The molecular formula is C22H26Cl2N4O4. The average Bonchev–Trinajstić information content (AvgIpc) is 3.23. The normalized spacial score (nSPS) is 18.7. The van der Waals surface area contributed by atoms with Crippen LogP contribution in [0.2, 0.25) is 10.0 Å². The second-order valence-corrected chi connectivity index (χ2v) is 8.20. The SMILES string of the molecule is C=CC(=O)N[C@H]1COC[C@H]1Nc1ncc(C(C)Cc2c(Cl)c(OC)cc(OC)c2Cl)cn1. The van der Waals surface area contributed by atoms with Crippen LogP contribution in [0.15, 0.2) is 31.1 Å². The number of benzene rings is 1. The molecule has 1 aliphatic heterocycles. The zero-order chi connectivity index (χ0) is 23.3. The van der Waals surface area contributed by atoms with Crippen molar-refractivity contribution in [2.45, 2.75) is 31.3 Å². The molecular weight excluding hydrogens is 455 g/mol. The number of rotatable bonds is 9. The Hall–Kier alpha value is -2.55. The van der Waals surface area contributed by atoms with Crippen LogP contribution in [0, 0.1) is 0 Å². The molecule has 0 bridgehead atoms. The Morgan fingerprint density at radius 3 is 2.38 bits per heavy atom. The zero-order valence-electron chi connectivity index (χ0n) is 18.2. The summed E-state index contributed by atoms with van der Waals surface area (Å²) < 4.78 is 16.2. The third-order valence-electron chi connectivity index (χ3n) is 5.32. The maximum absolute atomic E-state index is 11.6. The molecule has 2 aromatic rings. The maximum atomic E-state index is 11.6. The smallest absolute Gasteiger partial charge is 0.243 e. The van der Waals surface area contributed by atoms with E-state index in [1.54, 1.807) is 32.7 Å². The summed E-state index contributed by atoms with van der Waals surface area (Å²) in [4.78, 5) is 20.4. The first kappa shape index (κ1) is 24.1. The fraction of sp³-hybridized carbons (Fsp3) is 0.409. The predicted octanol–water partition coefficient (Wildman–Crippen LogP) is 3.63. The van der Waals surface area contributed by atoms with Crippen molar-refractivity contribution in [1.29, 1.82) is 0 Å². The molecule has 3 atom stereocenters. The number of nitrogens with zero attached hydrogens (tertiary/aromatic N) is 2. The molecule has 0 radical (unpaired) electrons. The van der Waals surface area contributed by atoms with E-state index in [-0.39, 0.29) is 23.9 Å². The minimum Gasteiger partial charge on any atom is -0.495 e. The largest absolute Gasteiger partial charge is 0.495 e. The summed E-state index contributed by atoms with van der Waals surface area (Å²) in [6.07, 6.45) is 5.30. The highest BCUT2D eigenvalue weighted by atomic mass is 35.5. The van der Waals surface area contributed by atoms with E-state index in [1.165, 1.54) is 6.08 Å². The van der Waals surface area contributed by atoms with Crippen LogP contribution in [-0.4, -0.2) is 55.4 Å². The van der Waals surface area contributed by atoms with Gasteiger partial charge in [0.25, 0.3) is 0 Å². The van der Waals surface area contributed by atoms with Crippen LogP contribution in [0.25, 0.3) is 0 Å². The molecule has 3 rings (SSSR count).